The summed E-state index contributed by atoms with van der Waals surface area (Å²) in [7, 11) is -1.56. The van der Waals surface area contributed by atoms with Crippen molar-refractivity contribution < 1.29 is 8.42 Å². The monoisotopic (exact) mass is 359 g/mol. The predicted octanol–water partition coefficient (Wildman–Crippen LogP) is 1.87. The molecule has 2 aromatic carbocycles. The van der Waals surface area contributed by atoms with Gasteiger partial charge >= 0.3 is 0 Å². The van der Waals surface area contributed by atoms with E-state index in [4.69, 9.17) is 5.73 Å². The van der Waals surface area contributed by atoms with E-state index in [0.717, 1.165) is 24.2 Å². The highest BCUT2D eigenvalue weighted by Crippen LogP contribution is 2.30. The smallest absolute Gasteiger partial charge is 0.243 e. The predicted molar refractivity (Wildman–Crippen MR) is 101 cm³/mol. The quantitative estimate of drug-likeness (QED) is 0.820. The highest BCUT2D eigenvalue weighted by molar-refractivity contribution is 7.89. The molecule has 134 valence electrons. The number of benzene rings is 2. The fourth-order valence-electron chi connectivity index (χ4n) is 3.22. The van der Waals surface area contributed by atoms with Crippen molar-refractivity contribution in [2.24, 2.45) is 5.73 Å². The molecule has 1 aliphatic heterocycles. The summed E-state index contributed by atoms with van der Waals surface area (Å²) in [5.74, 6) is 0. The van der Waals surface area contributed by atoms with Gasteiger partial charge in [-0.2, -0.15) is 4.31 Å². The Morgan fingerprint density at radius 3 is 2.60 bits per heavy atom. The van der Waals surface area contributed by atoms with Gasteiger partial charge in [0, 0.05) is 38.9 Å². The van der Waals surface area contributed by atoms with Gasteiger partial charge in [-0.3, -0.25) is 0 Å². The van der Waals surface area contributed by atoms with Gasteiger partial charge in [-0.1, -0.05) is 36.4 Å². The van der Waals surface area contributed by atoms with Crippen LogP contribution in [0, 0.1) is 0 Å². The van der Waals surface area contributed by atoms with E-state index in [-0.39, 0.29) is 0 Å². The molecule has 3 rings (SSSR count). The molecule has 1 aliphatic rings. The Labute approximate surface area is 150 Å². The van der Waals surface area contributed by atoms with Crippen LogP contribution in [0.4, 0.5) is 5.69 Å². The molecule has 0 amide bonds. The first-order valence-corrected chi connectivity index (χ1v) is 10.0. The van der Waals surface area contributed by atoms with Crippen LogP contribution in [0.1, 0.15) is 11.1 Å². The molecule has 0 saturated carbocycles. The van der Waals surface area contributed by atoms with Crippen LogP contribution < -0.4 is 10.6 Å². The van der Waals surface area contributed by atoms with E-state index >= 15 is 0 Å². The molecule has 0 aliphatic carbocycles. The van der Waals surface area contributed by atoms with Crippen molar-refractivity contribution in [3.8, 4) is 0 Å². The zero-order valence-electron chi connectivity index (χ0n) is 14.6. The van der Waals surface area contributed by atoms with Crippen molar-refractivity contribution in [1.29, 1.82) is 0 Å². The maximum atomic E-state index is 13.1. The third-order valence-electron chi connectivity index (χ3n) is 4.69. The average molecular weight is 359 g/mol. The highest BCUT2D eigenvalue weighted by Gasteiger charge is 2.26. The Morgan fingerprint density at radius 2 is 1.88 bits per heavy atom. The van der Waals surface area contributed by atoms with Gasteiger partial charge in [0.05, 0.1) is 4.90 Å². The molecule has 0 spiro atoms. The molecule has 0 atom stereocenters. The van der Waals surface area contributed by atoms with Gasteiger partial charge in [-0.05, 0) is 36.1 Å². The Morgan fingerprint density at radius 1 is 1.12 bits per heavy atom. The van der Waals surface area contributed by atoms with Crippen molar-refractivity contribution in [3.05, 3.63) is 59.7 Å². The van der Waals surface area contributed by atoms with Crippen LogP contribution in [-0.4, -0.2) is 45.9 Å². The SMILES string of the molecule is CN1CCc2ccc(S(=O)(=O)N(CCN)CCc3ccccc3)cc21. The third-order valence-corrected chi connectivity index (χ3v) is 6.59. The summed E-state index contributed by atoms with van der Waals surface area (Å²) in [5.41, 5.74) is 9.01. The molecule has 1 heterocycles. The lowest BCUT2D eigenvalue weighted by Gasteiger charge is -2.22. The fourth-order valence-corrected chi connectivity index (χ4v) is 4.70. The normalized spacial score (nSPS) is 14.1. The van der Waals surface area contributed by atoms with E-state index in [1.807, 2.05) is 43.4 Å². The molecule has 5 nitrogen and oxygen atoms in total. The lowest BCUT2D eigenvalue weighted by molar-refractivity contribution is 0.421. The minimum atomic E-state index is -3.55. The van der Waals surface area contributed by atoms with Crippen LogP contribution in [0.2, 0.25) is 0 Å². The first-order chi connectivity index (χ1) is 12.0. The van der Waals surface area contributed by atoms with Gasteiger partial charge in [-0.25, -0.2) is 8.42 Å². The van der Waals surface area contributed by atoms with Crippen LogP contribution >= 0.6 is 0 Å². The number of nitrogens with two attached hydrogens (primary N) is 1. The molecular weight excluding hydrogens is 334 g/mol. The number of fused-ring (bicyclic) bond motifs is 1. The van der Waals surface area contributed by atoms with Gasteiger partial charge < -0.3 is 10.6 Å². The van der Waals surface area contributed by atoms with Crippen LogP contribution in [0.3, 0.4) is 0 Å². The topological polar surface area (TPSA) is 66.6 Å². The van der Waals surface area contributed by atoms with Crippen molar-refractivity contribution >= 4 is 15.7 Å². The molecule has 0 fully saturated rings. The van der Waals surface area contributed by atoms with Crippen LogP contribution in [0.5, 0.6) is 0 Å². The van der Waals surface area contributed by atoms with Gasteiger partial charge in [0.2, 0.25) is 10.0 Å². The number of hydrogen-bond donors (Lipinski definition) is 1. The number of likely N-dealkylation sites (N-methyl/N-ethyl adjacent to an activating group) is 1. The Bertz CT molecular complexity index is 822. The fraction of sp³-hybridized carbons (Fsp3) is 0.368. The molecule has 0 saturated heterocycles. The lowest BCUT2D eigenvalue weighted by atomic mass is 10.1. The van der Waals surface area contributed by atoms with Gasteiger partial charge in [0.15, 0.2) is 0 Å². The zero-order valence-corrected chi connectivity index (χ0v) is 15.4. The number of anilines is 1. The molecule has 0 radical (unpaired) electrons. The Balaban J connectivity index is 1.83. The van der Waals surface area contributed by atoms with E-state index < -0.39 is 10.0 Å². The van der Waals surface area contributed by atoms with E-state index in [0.29, 0.717) is 31.0 Å². The second-order valence-electron chi connectivity index (χ2n) is 6.39. The first-order valence-electron chi connectivity index (χ1n) is 8.60. The second kappa shape index (κ2) is 7.56. The van der Waals surface area contributed by atoms with Crippen molar-refractivity contribution in [2.45, 2.75) is 17.7 Å². The molecule has 0 bridgehead atoms. The molecule has 25 heavy (non-hydrogen) atoms. The van der Waals surface area contributed by atoms with E-state index in [1.165, 1.54) is 9.87 Å². The van der Waals surface area contributed by atoms with Crippen LogP contribution in [0.15, 0.2) is 53.4 Å². The third kappa shape index (κ3) is 3.86. The Kier molecular flexibility index (Phi) is 5.42. The summed E-state index contributed by atoms with van der Waals surface area (Å²) >= 11 is 0. The maximum Gasteiger partial charge on any atom is 0.243 e. The standard InChI is InChI=1S/C19H25N3O2S/c1-21-12-10-17-7-8-18(15-19(17)21)25(23,24)22(14-11-20)13-9-16-5-3-2-4-6-16/h2-8,15H,9-14,20H2,1H3. The maximum absolute atomic E-state index is 13.1. The molecular formula is C19H25N3O2S. The summed E-state index contributed by atoms with van der Waals surface area (Å²) in [6.07, 6.45) is 1.64. The molecule has 2 N–H and O–H groups in total. The van der Waals surface area contributed by atoms with Gasteiger partial charge in [0.25, 0.3) is 0 Å². The molecule has 2 aromatic rings. The molecule has 6 heteroatoms. The summed E-state index contributed by atoms with van der Waals surface area (Å²) in [6.45, 7) is 1.98. The van der Waals surface area contributed by atoms with Gasteiger partial charge in [0.1, 0.15) is 0 Å². The number of nitrogens with zero attached hydrogens (tertiary/aromatic N) is 2. The van der Waals surface area contributed by atoms with Crippen molar-refractivity contribution in [2.75, 3.05) is 38.1 Å². The average Bonchev–Trinajstić information content (AvgIpc) is 3.00. The first kappa shape index (κ1) is 17.9. The summed E-state index contributed by atoms with van der Waals surface area (Å²) < 4.78 is 27.7. The summed E-state index contributed by atoms with van der Waals surface area (Å²) in [5, 5.41) is 0. The second-order valence-corrected chi connectivity index (χ2v) is 8.33. The van der Waals surface area contributed by atoms with Crippen LogP contribution in [0.25, 0.3) is 0 Å². The minimum Gasteiger partial charge on any atom is -0.374 e. The molecule has 0 unspecified atom stereocenters. The summed E-state index contributed by atoms with van der Waals surface area (Å²) in [4.78, 5) is 2.45. The number of rotatable bonds is 7. The number of sulfonamides is 1. The highest BCUT2D eigenvalue weighted by atomic mass is 32.2. The largest absolute Gasteiger partial charge is 0.374 e. The molecule has 0 aromatic heterocycles. The van der Waals surface area contributed by atoms with E-state index in [1.54, 1.807) is 12.1 Å². The van der Waals surface area contributed by atoms with Crippen molar-refractivity contribution in [1.82, 2.24) is 4.31 Å². The van der Waals surface area contributed by atoms with Crippen molar-refractivity contribution in [3.63, 3.8) is 0 Å². The Hall–Kier alpha value is -1.89. The van der Waals surface area contributed by atoms with Crippen LogP contribution in [-0.2, 0) is 22.9 Å². The van der Waals surface area contributed by atoms with Gasteiger partial charge in [-0.15, -0.1) is 0 Å². The lowest BCUT2D eigenvalue weighted by Crippen LogP contribution is -2.37. The zero-order chi connectivity index (χ0) is 17.9. The minimum absolute atomic E-state index is 0.304. The number of hydrogen-bond acceptors (Lipinski definition) is 4. The van der Waals surface area contributed by atoms with E-state index in [9.17, 15) is 8.42 Å². The summed E-state index contributed by atoms with van der Waals surface area (Å²) in [6, 6.07) is 15.4. The van der Waals surface area contributed by atoms with E-state index in [2.05, 4.69) is 4.90 Å².